The summed E-state index contributed by atoms with van der Waals surface area (Å²) < 4.78 is 0. The minimum atomic E-state index is -2.15. The number of carbonyl (C=O) groups excluding carboxylic acids is 16. The summed E-state index contributed by atoms with van der Waals surface area (Å²) in [5.74, 6) is -27.5. The molecule has 8 aliphatic rings. The Bertz CT molecular complexity index is 4450. The molecule has 144 heavy (non-hydrogen) atoms. The first-order chi connectivity index (χ1) is 68.4. The zero-order chi connectivity index (χ0) is 106. The lowest BCUT2D eigenvalue weighted by atomic mass is 9.77. The molecule has 806 valence electrons. The third-order valence-corrected chi connectivity index (χ3v) is 30.1. The van der Waals surface area contributed by atoms with Crippen molar-refractivity contribution in [1.29, 1.82) is 0 Å². The summed E-state index contributed by atoms with van der Waals surface area (Å²) in [6.07, 6.45) is 3.67. The van der Waals surface area contributed by atoms with E-state index in [2.05, 4.69) is 74.4 Å². The summed E-state index contributed by atoms with van der Waals surface area (Å²) in [5.41, 5.74) is 17.0. The highest BCUT2D eigenvalue weighted by Crippen LogP contribution is 2.39. The van der Waals surface area contributed by atoms with Gasteiger partial charge < -0.3 is 132 Å². The number of aliphatic hydroxyl groups excluding tert-OH is 1. The van der Waals surface area contributed by atoms with Crippen LogP contribution in [0.15, 0.2) is 0 Å². The van der Waals surface area contributed by atoms with Gasteiger partial charge in [-0.2, -0.15) is 0 Å². The number of unbranched alkanes of at least 4 members (excludes halogenated alkanes) is 2. The number of likely N-dealkylation sites (tertiary alicyclic amines) is 1. The molecule has 8 fully saturated rings. The number of amides is 16. The molecule has 5 saturated heterocycles. The van der Waals surface area contributed by atoms with E-state index in [1.54, 1.807) is 33.4 Å². The molecule has 0 radical (unpaired) electrons. The number of nitrogens with one attached hydrogen (secondary N) is 14. The number of aliphatic carboxylic acids is 6. The SMILES string of the molecule is CC(C)C[C@@H]1NC(=O)[C@H](CC2CC3CCCCC3N2)NC(=O)[C@@H](NC(=O)[C@H](CC(=O)O)NC(=O)[C@H](CO)NC(=O)CCCCCNC(=O)CN2CCN(CC(=O)O)CCN(CC(=O)O)CCN(CC(=O)O)CC2)CSSC[C@@H](C(=O)N2CCC[C@H]2C(=O)N[C@@H](CC2CCC(C(=O)O)CC2)C(=O)N[C@@H](CC(=O)O)C(N)=O)NC(=O)[C@H](CC(N)=O)NC(=O)[C@H](CC2CNC3CCCCC23)NC(=O)[C@H](CCC(N)=O)NC1=O. The fraction of sp³-hybridized carbons (Fsp3) is 0.758. The zero-order valence-corrected chi connectivity index (χ0v) is 83.2. The van der Waals surface area contributed by atoms with Crippen molar-refractivity contribution in [3.63, 3.8) is 0 Å². The van der Waals surface area contributed by atoms with E-state index in [1.165, 1.54) is 0 Å². The summed E-state index contributed by atoms with van der Waals surface area (Å²) in [4.78, 5) is 312. The first kappa shape index (κ1) is 118. The Balaban J connectivity index is 1.09. The maximum absolute atomic E-state index is 15.8. The van der Waals surface area contributed by atoms with Crippen LogP contribution >= 0.6 is 21.6 Å². The Morgan fingerprint density at radius 2 is 0.993 bits per heavy atom. The fourth-order valence-electron chi connectivity index (χ4n) is 20.1. The molecule has 0 aromatic rings. The molecule has 8 rings (SSSR count). The van der Waals surface area contributed by atoms with Gasteiger partial charge in [0.25, 0.3) is 0 Å². The Kier molecular flexibility index (Phi) is 48.7. The molecule has 5 aliphatic heterocycles. The molecule has 0 bridgehead atoms. The van der Waals surface area contributed by atoms with E-state index in [1.807, 2.05) is 0 Å². The zero-order valence-electron chi connectivity index (χ0n) is 81.5. The first-order valence-corrected chi connectivity index (χ1v) is 52.2. The molecule has 3 aliphatic carbocycles. The van der Waals surface area contributed by atoms with Crippen LogP contribution < -0.4 is 91.6 Å². The highest BCUT2D eigenvalue weighted by Gasteiger charge is 2.47. The van der Waals surface area contributed by atoms with Crippen molar-refractivity contribution >= 4 is 152 Å². The van der Waals surface area contributed by atoms with Crippen LogP contribution in [0.25, 0.3) is 0 Å². The van der Waals surface area contributed by atoms with E-state index in [0.717, 1.165) is 67.1 Å². The van der Waals surface area contributed by atoms with Crippen LogP contribution in [0.5, 0.6) is 0 Å². The summed E-state index contributed by atoms with van der Waals surface area (Å²) in [6, 6.07) is -21.6. The molecule has 0 spiro atoms. The van der Waals surface area contributed by atoms with Crippen molar-refractivity contribution in [2.45, 2.75) is 284 Å². The molecule has 16 amide bonds. The van der Waals surface area contributed by atoms with E-state index in [-0.39, 0.29) is 199 Å². The molecular formula is C91H146N22O29S2. The number of nitrogens with zero attached hydrogens (tertiary/aromatic N) is 5. The molecule has 5 heterocycles. The van der Waals surface area contributed by atoms with Gasteiger partial charge in [-0.05, 0) is 152 Å². The molecule has 18 atom stereocenters. The van der Waals surface area contributed by atoms with Crippen molar-refractivity contribution in [3.8, 4) is 0 Å². The van der Waals surface area contributed by atoms with Crippen LogP contribution in [0, 0.1) is 35.5 Å². The average Bonchev–Trinajstić information content (AvgIpc) is 1.71. The average molecular weight is 2080 g/mol. The molecule has 3 saturated carbocycles. The van der Waals surface area contributed by atoms with Crippen LogP contribution in [-0.2, 0) is 105 Å². The van der Waals surface area contributed by atoms with Crippen molar-refractivity contribution in [1.82, 2.24) is 98.9 Å². The van der Waals surface area contributed by atoms with Gasteiger partial charge in [0.1, 0.15) is 72.5 Å². The van der Waals surface area contributed by atoms with Gasteiger partial charge in [-0.3, -0.25) is 125 Å². The van der Waals surface area contributed by atoms with Crippen LogP contribution in [0.2, 0.25) is 0 Å². The van der Waals surface area contributed by atoms with E-state index in [9.17, 15) is 103 Å². The number of fused-ring (bicyclic) bond motifs is 2. The van der Waals surface area contributed by atoms with Gasteiger partial charge in [0.2, 0.25) is 94.5 Å². The lowest BCUT2D eigenvalue weighted by molar-refractivity contribution is -0.144. The molecule has 53 heteroatoms. The largest absolute Gasteiger partial charge is 0.481 e. The highest BCUT2D eigenvalue weighted by atomic mass is 33.1. The number of primary amides is 3. The number of aliphatic hydroxyl groups is 1. The topological polar surface area (TPSA) is 780 Å². The second-order valence-corrected chi connectivity index (χ2v) is 41.8. The summed E-state index contributed by atoms with van der Waals surface area (Å²) in [5, 5.41) is 107. The Morgan fingerprint density at radius 1 is 0.465 bits per heavy atom. The normalized spacial score (nSPS) is 27.2. The second-order valence-electron chi connectivity index (χ2n) is 39.3. The Hall–Kier alpha value is -11.2. The quantitative estimate of drug-likeness (QED) is 0.0199. The maximum atomic E-state index is 15.8. The van der Waals surface area contributed by atoms with Crippen LogP contribution in [0.3, 0.4) is 0 Å². The number of carboxylic acids is 6. The standard InChI is InChI=1S/C91H146N22O29S2/c1-49(2)33-60-81(131)99-58(21-22-70(92)115)80(130)102-62(36-53-41-96-57-14-8-6-12-55(53)57)83(133)104-64(38-71(93)116)85(135)108-68(90(140)113-24-10-15-69(113)89(139)106-61(34-50-17-19-51(20-18-50)91(141)142)82(132)100-59(79(94)129)39-74(119)120)48-144-143-47-67(88(138)103-63(84(134)101-60)37-54-35-52-11-5-7-13-56(52)97-54)107-86(136)65(40-75(121)122)105-87(137)66(46-114)98-72(117)16-4-3-9-23-95-73(118)42-109-25-27-110(43-76(123)124)29-31-112(45-78(127)128)32-30-111(28-26-109)44-77(125)126/h49-69,96-97,114H,3-48H2,1-2H3,(H2,92,115)(H2,93,116)(H2,94,129)(H,95,118)(H,98,117)(H,99,131)(H,100,132)(H,101,134)(H,102,130)(H,103,138)(H,104,133)(H,105,137)(H,106,139)(H,107,136)(H,108,135)(H,119,120)(H,121,122)(H,123,124)(H,125,126)(H,127,128)(H,141,142)/t50?,51?,52?,53?,54?,55?,56?,57?,58-,59-,60-,61-,62-,63-,64-,65-,66-,67-,68-,69-/m0/s1. The molecular weight excluding hydrogens is 1930 g/mol. The number of rotatable bonds is 44. The van der Waals surface area contributed by atoms with Gasteiger partial charge in [0, 0.05) is 108 Å². The lowest BCUT2D eigenvalue weighted by Gasteiger charge is -2.33. The van der Waals surface area contributed by atoms with Crippen LogP contribution in [-0.4, -0.2) is 397 Å². The number of carbonyl (C=O) groups is 22. The highest BCUT2D eigenvalue weighted by molar-refractivity contribution is 8.76. The third-order valence-electron chi connectivity index (χ3n) is 27.7. The van der Waals surface area contributed by atoms with Crippen molar-refractivity contribution in [2.24, 2.45) is 52.7 Å². The number of hydrogen-bond donors (Lipinski definition) is 24. The van der Waals surface area contributed by atoms with Gasteiger partial charge in [-0.15, -0.1) is 0 Å². The molecule has 0 aromatic carbocycles. The van der Waals surface area contributed by atoms with Gasteiger partial charge in [-0.1, -0.05) is 67.5 Å². The Labute approximate surface area is 841 Å². The van der Waals surface area contributed by atoms with E-state index >= 15 is 38.4 Å². The van der Waals surface area contributed by atoms with E-state index in [0.29, 0.717) is 36.6 Å². The van der Waals surface area contributed by atoms with Gasteiger partial charge in [0.15, 0.2) is 0 Å². The molecule has 27 N–H and O–H groups in total. The minimum Gasteiger partial charge on any atom is -0.481 e. The summed E-state index contributed by atoms with van der Waals surface area (Å²) in [7, 11) is 1.44. The lowest BCUT2D eigenvalue weighted by Crippen LogP contribution is -2.61. The number of carboxylic acid groups (broad SMARTS) is 6. The van der Waals surface area contributed by atoms with E-state index < -0.39 is 277 Å². The van der Waals surface area contributed by atoms with E-state index in [4.69, 9.17) is 17.2 Å². The predicted octanol–water partition coefficient (Wildman–Crippen LogP) is -6.77. The van der Waals surface area contributed by atoms with Crippen LogP contribution in [0.4, 0.5) is 0 Å². The van der Waals surface area contributed by atoms with Crippen molar-refractivity contribution in [3.05, 3.63) is 0 Å². The second kappa shape index (κ2) is 59.4. The molecule has 6 unspecified atom stereocenters. The van der Waals surface area contributed by atoms with Gasteiger partial charge in [0.05, 0.1) is 58.0 Å². The monoisotopic (exact) mass is 2080 g/mol. The predicted molar refractivity (Wildman–Crippen MR) is 515 cm³/mol. The minimum absolute atomic E-state index is 0.00108. The maximum Gasteiger partial charge on any atom is 0.317 e. The number of nitrogens with two attached hydrogens (primary N) is 3. The first-order valence-electron chi connectivity index (χ1n) is 49.7. The number of hydrogen-bond acceptors (Lipinski definition) is 31. The van der Waals surface area contributed by atoms with Crippen molar-refractivity contribution < 1.29 is 141 Å². The summed E-state index contributed by atoms with van der Waals surface area (Å²) >= 11 is 0. The fourth-order valence-corrected chi connectivity index (χ4v) is 22.5. The van der Waals surface area contributed by atoms with Crippen LogP contribution in [0.1, 0.15) is 194 Å². The Morgan fingerprint density at radius 3 is 1.57 bits per heavy atom. The third kappa shape index (κ3) is 39.9. The molecule has 0 aromatic heterocycles. The summed E-state index contributed by atoms with van der Waals surface area (Å²) in [6.45, 7) is 2.59. The van der Waals surface area contributed by atoms with Gasteiger partial charge in [-0.25, -0.2) is 0 Å². The smallest absolute Gasteiger partial charge is 0.317 e. The van der Waals surface area contributed by atoms with Crippen molar-refractivity contribution in [2.75, 3.05) is 116 Å². The molecule has 51 nitrogen and oxygen atoms in total. The van der Waals surface area contributed by atoms with Gasteiger partial charge >= 0.3 is 35.8 Å².